The number of nitrogens with zero attached hydrogens (tertiary/aromatic N) is 2. The lowest BCUT2D eigenvalue weighted by Gasteiger charge is -2.13. The highest BCUT2D eigenvalue weighted by atomic mass is 16.2. The summed E-state index contributed by atoms with van der Waals surface area (Å²) in [4.78, 5) is 14.1. The standard InChI is InChI=1S/C9H17N3O/c1-6(2)12-8(13)10-7(11-12)9(3,4)5/h6H,1-5H3,(H,10,11,13). The molecule has 0 fully saturated rings. The maximum atomic E-state index is 11.4. The van der Waals surface area contributed by atoms with Gasteiger partial charge in [0.15, 0.2) is 0 Å². The average Bonchev–Trinajstić information content (AvgIpc) is 2.29. The second-order valence-electron chi connectivity index (χ2n) is 4.57. The van der Waals surface area contributed by atoms with Gasteiger partial charge < -0.3 is 0 Å². The van der Waals surface area contributed by atoms with Gasteiger partial charge in [0.2, 0.25) is 0 Å². The van der Waals surface area contributed by atoms with Crippen molar-refractivity contribution < 1.29 is 0 Å². The summed E-state index contributed by atoms with van der Waals surface area (Å²) in [5, 5.41) is 4.23. The molecule has 1 N–H and O–H groups in total. The van der Waals surface area contributed by atoms with E-state index >= 15 is 0 Å². The van der Waals surface area contributed by atoms with Gasteiger partial charge in [-0.2, -0.15) is 5.10 Å². The van der Waals surface area contributed by atoms with Crippen LogP contribution >= 0.6 is 0 Å². The number of rotatable bonds is 1. The Bertz CT molecular complexity index is 340. The highest BCUT2D eigenvalue weighted by molar-refractivity contribution is 4.98. The first kappa shape index (κ1) is 10.0. The average molecular weight is 183 g/mol. The summed E-state index contributed by atoms with van der Waals surface area (Å²) in [7, 11) is 0. The molecule has 0 spiro atoms. The van der Waals surface area contributed by atoms with Gasteiger partial charge in [-0.25, -0.2) is 9.48 Å². The Balaban J connectivity index is 3.18. The Hall–Kier alpha value is -1.06. The van der Waals surface area contributed by atoms with Crippen LogP contribution in [0.25, 0.3) is 0 Å². The van der Waals surface area contributed by atoms with Crippen molar-refractivity contribution >= 4 is 0 Å². The van der Waals surface area contributed by atoms with Crippen LogP contribution in [0.3, 0.4) is 0 Å². The first-order valence-corrected chi connectivity index (χ1v) is 4.51. The molecule has 0 aliphatic rings. The zero-order valence-electron chi connectivity index (χ0n) is 8.88. The van der Waals surface area contributed by atoms with Crippen LogP contribution in [0.5, 0.6) is 0 Å². The quantitative estimate of drug-likeness (QED) is 0.716. The predicted octanol–water partition coefficient (Wildman–Crippen LogP) is 1.45. The fourth-order valence-corrected chi connectivity index (χ4v) is 1.02. The van der Waals surface area contributed by atoms with Gasteiger partial charge in [0.05, 0.1) is 6.04 Å². The highest BCUT2D eigenvalue weighted by Gasteiger charge is 2.20. The van der Waals surface area contributed by atoms with Gasteiger partial charge in [-0.1, -0.05) is 20.8 Å². The minimum Gasteiger partial charge on any atom is -0.292 e. The maximum Gasteiger partial charge on any atom is 0.343 e. The second kappa shape index (κ2) is 3.01. The normalized spacial score (nSPS) is 12.5. The van der Waals surface area contributed by atoms with Crippen LogP contribution in [-0.4, -0.2) is 14.8 Å². The van der Waals surface area contributed by atoms with Crippen molar-refractivity contribution in [3.63, 3.8) is 0 Å². The largest absolute Gasteiger partial charge is 0.343 e. The number of aromatic nitrogens is 3. The summed E-state index contributed by atoms with van der Waals surface area (Å²) in [5.41, 5.74) is -0.223. The van der Waals surface area contributed by atoms with Crippen molar-refractivity contribution in [2.45, 2.75) is 46.1 Å². The van der Waals surface area contributed by atoms with Crippen molar-refractivity contribution in [1.29, 1.82) is 0 Å². The first-order chi connectivity index (χ1) is 5.82. The maximum absolute atomic E-state index is 11.4. The van der Waals surface area contributed by atoms with Crippen LogP contribution in [0.4, 0.5) is 0 Å². The van der Waals surface area contributed by atoms with Crippen molar-refractivity contribution in [2.75, 3.05) is 0 Å². The first-order valence-electron chi connectivity index (χ1n) is 4.51. The van der Waals surface area contributed by atoms with E-state index in [1.807, 2.05) is 34.6 Å². The predicted molar refractivity (Wildman–Crippen MR) is 51.9 cm³/mol. The molecule has 0 amide bonds. The third kappa shape index (κ3) is 1.99. The fraction of sp³-hybridized carbons (Fsp3) is 0.778. The van der Waals surface area contributed by atoms with Gasteiger partial charge in [-0.15, -0.1) is 0 Å². The molecule has 0 unspecified atom stereocenters. The van der Waals surface area contributed by atoms with E-state index in [1.165, 1.54) is 4.68 Å². The van der Waals surface area contributed by atoms with Gasteiger partial charge in [0.25, 0.3) is 0 Å². The monoisotopic (exact) mass is 183 g/mol. The minimum atomic E-state index is -0.125. The van der Waals surface area contributed by atoms with Crippen molar-refractivity contribution in [3.8, 4) is 0 Å². The van der Waals surface area contributed by atoms with E-state index in [1.54, 1.807) is 0 Å². The number of hydrogen-bond donors (Lipinski definition) is 1. The molecule has 0 saturated heterocycles. The van der Waals surface area contributed by atoms with Crippen molar-refractivity contribution in [3.05, 3.63) is 16.3 Å². The Morgan fingerprint density at radius 1 is 1.38 bits per heavy atom. The minimum absolute atomic E-state index is 0.0979. The van der Waals surface area contributed by atoms with Crippen LogP contribution in [0.1, 0.15) is 46.5 Å². The topological polar surface area (TPSA) is 50.7 Å². The lowest BCUT2D eigenvalue weighted by atomic mass is 9.96. The summed E-state index contributed by atoms with van der Waals surface area (Å²) in [5.74, 6) is 0.742. The molecular formula is C9H17N3O. The van der Waals surface area contributed by atoms with Crippen LogP contribution < -0.4 is 5.69 Å². The zero-order valence-corrected chi connectivity index (χ0v) is 8.88. The van der Waals surface area contributed by atoms with Gasteiger partial charge >= 0.3 is 5.69 Å². The van der Waals surface area contributed by atoms with Crippen LogP contribution in [0, 0.1) is 0 Å². The molecule has 0 aromatic carbocycles. The van der Waals surface area contributed by atoms with Gasteiger partial charge in [-0.05, 0) is 13.8 Å². The molecule has 0 aliphatic carbocycles. The smallest absolute Gasteiger partial charge is 0.292 e. The van der Waals surface area contributed by atoms with Crippen LogP contribution in [-0.2, 0) is 5.41 Å². The molecule has 0 radical (unpaired) electrons. The van der Waals surface area contributed by atoms with Gasteiger partial charge in [0.1, 0.15) is 5.82 Å². The Morgan fingerprint density at radius 2 is 1.92 bits per heavy atom. The third-order valence-electron chi connectivity index (χ3n) is 1.84. The third-order valence-corrected chi connectivity index (χ3v) is 1.84. The molecule has 4 nitrogen and oxygen atoms in total. The van der Waals surface area contributed by atoms with Gasteiger partial charge in [0, 0.05) is 5.41 Å². The summed E-state index contributed by atoms with van der Waals surface area (Å²) < 4.78 is 1.47. The van der Waals surface area contributed by atoms with Crippen molar-refractivity contribution in [2.24, 2.45) is 0 Å². The Labute approximate surface area is 78.0 Å². The molecule has 0 atom stereocenters. The lowest BCUT2D eigenvalue weighted by molar-refractivity contribution is 0.485. The molecule has 74 valence electrons. The van der Waals surface area contributed by atoms with E-state index in [-0.39, 0.29) is 17.1 Å². The number of H-pyrrole nitrogens is 1. The molecule has 13 heavy (non-hydrogen) atoms. The van der Waals surface area contributed by atoms with E-state index in [4.69, 9.17) is 0 Å². The molecule has 1 aromatic rings. The van der Waals surface area contributed by atoms with E-state index in [0.717, 1.165) is 5.82 Å². The molecule has 0 saturated carbocycles. The zero-order chi connectivity index (χ0) is 10.2. The van der Waals surface area contributed by atoms with E-state index < -0.39 is 0 Å². The number of hydrogen-bond acceptors (Lipinski definition) is 2. The van der Waals surface area contributed by atoms with E-state index in [9.17, 15) is 4.79 Å². The Kier molecular flexibility index (Phi) is 2.32. The summed E-state index contributed by atoms with van der Waals surface area (Å²) >= 11 is 0. The SMILES string of the molecule is CC(C)n1nc(C(C)(C)C)[nH]c1=O. The fourth-order valence-electron chi connectivity index (χ4n) is 1.02. The number of aromatic amines is 1. The Morgan fingerprint density at radius 3 is 2.15 bits per heavy atom. The molecule has 0 aliphatic heterocycles. The molecule has 1 aromatic heterocycles. The molecule has 0 bridgehead atoms. The van der Waals surface area contributed by atoms with Crippen LogP contribution in [0.15, 0.2) is 4.79 Å². The summed E-state index contributed by atoms with van der Waals surface area (Å²) in [6.07, 6.45) is 0. The highest BCUT2D eigenvalue weighted by Crippen LogP contribution is 2.16. The van der Waals surface area contributed by atoms with Crippen molar-refractivity contribution in [1.82, 2.24) is 14.8 Å². The van der Waals surface area contributed by atoms with Gasteiger partial charge in [-0.3, -0.25) is 4.98 Å². The van der Waals surface area contributed by atoms with E-state index in [2.05, 4.69) is 10.1 Å². The molecule has 1 heterocycles. The molecular weight excluding hydrogens is 166 g/mol. The summed E-state index contributed by atoms with van der Waals surface area (Å²) in [6, 6.07) is 0.111. The number of nitrogens with one attached hydrogen (secondary N) is 1. The van der Waals surface area contributed by atoms with Crippen LogP contribution in [0.2, 0.25) is 0 Å². The molecule has 4 heteroatoms. The summed E-state index contributed by atoms with van der Waals surface area (Å²) in [6.45, 7) is 9.95. The lowest BCUT2D eigenvalue weighted by Crippen LogP contribution is -2.19. The second-order valence-corrected chi connectivity index (χ2v) is 4.57. The molecule has 1 rings (SSSR count). The van der Waals surface area contributed by atoms with E-state index in [0.29, 0.717) is 0 Å².